The standard InChI is InChI=1S/C17H29N5O9S/c1-7(23)13(16(29)21-10(17(30)31)3-5-12(25)26)22-15(28)9(2-4-11(19)24)20-14(27)8(18)6-32/h7-10,13,23,32H,2-6,18H2,1H3,(H2,19,24)(H,20,27)(H,21,29)(H,22,28)(H,25,26)(H,30,31). The lowest BCUT2D eigenvalue weighted by atomic mass is 10.1. The van der Waals surface area contributed by atoms with E-state index in [1.54, 1.807) is 0 Å². The number of aliphatic hydroxyl groups is 1. The second-order valence-electron chi connectivity index (χ2n) is 6.91. The zero-order chi connectivity index (χ0) is 25.0. The quantitative estimate of drug-likeness (QED) is 0.104. The highest BCUT2D eigenvalue weighted by atomic mass is 32.1. The molecular formula is C17H29N5O9S. The predicted molar refractivity (Wildman–Crippen MR) is 112 cm³/mol. The number of nitrogens with two attached hydrogens (primary N) is 2. The van der Waals surface area contributed by atoms with E-state index in [0.29, 0.717) is 0 Å². The molecule has 0 aliphatic rings. The van der Waals surface area contributed by atoms with Gasteiger partial charge in [-0.2, -0.15) is 12.6 Å². The van der Waals surface area contributed by atoms with Crippen molar-refractivity contribution in [3.63, 3.8) is 0 Å². The van der Waals surface area contributed by atoms with E-state index in [-0.39, 0.29) is 18.6 Å². The van der Waals surface area contributed by atoms with Gasteiger partial charge in [0.25, 0.3) is 0 Å². The Morgan fingerprint density at radius 3 is 1.84 bits per heavy atom. The molecule has 15 heteroatoms. The van der Waals surface area contributed by atoms with E-state index in [4.69, 9.17) is 21.7 Å². The SMILES string of the molecule is CC(O)C(NC(=O)C(CCC(N)=O)NC(=O)C(N)CS)C(=O)NC(CCC(=O)O)C(=O)O. The van der Waals surface area contributed by atoms with Crippen molar-refractivity contribution in [1.82, 2.24) is 16.0 Å². The van der Waals surface area contributed by atoms with Crippen LogP contribution in [0.1, 0.15) is 32.6 Å². The van der Waals surface area contributed by atoms with Crippen molar-refractivity contribution in [2.45, 2.75) is 62.9 Å². The number of hydrogen-bond donors (Lipinski definition) is 9. The Kier molecular flexibility index (Phi) is 12.9. The van der Waals surface area contributed by atoms with Gasteiger partial charge in [-0.05, 0) is 19.8 Å². The molecular weight excluding hydrogens is 450 g/mol. The number of aliphatic hydroxyl groups excluding tert-OH is 1. The average molecular weight is 480 g/mol. The molecule has 0 aromatic carbocycles. The van der Waals surface area contributed by atoms with Crippen LogP contribution in [0, 0.1) is 0 Å². The van der Waals surface area contributed by atoms with Gasteiger partial charge in [-0.3, -0.25) is 24.0 Å². The Morgan fingerprint density at radius 1 is 0.875 bits per heavy atom. The fourth-order valence-corrected chi connectivity index (χ4v) is 2.53. The fraction of sp³-hybridized carbons (Fsp3) is 0.647. The number of primary amides is 1. The smallest absolute Gasteiger partial charge is 0.326 e. The summed E-state index contributed by atoms with van der Waals surface area (Å²) >= 11 is 3.87. The summed E-state index contributed by atoms with van der Waals surface area (Å²) in [5.41, 5.74) is 10.6. The lowest BCUT2D eigenvalue weighted by molar-refractivity contribution is -0.144. The van der Waals surface area contributed by atoms with Gasteiger partial charge in [0.05, 0.1) is 12.1 Å². The van der Waals surface area contributed by atoms with E-state index >= 15 is 0 Å². The molecule has 182 valence electrons. The first-order chi connectivity index (χ1) is 14.8. The zero-order valence-corrected chi connectivity index (χ0v) is 18.2. The van der Waals surface area contributed by atoms with Crippen molar-refractivity contribution in [3.05, 3.63) is 0 Å². The van der Waals surface area contributed by atoms with Crippen molar-refractivity contribution < 1.29 is 44.1 Å². The Labute approximate surface area is 188 Å². The molecule has 0 aromatic heterocycles. The molecule has 0 heterocycles. The van der Waals surface area contributed by atoms with Gasteiger partial charge in [-0.15, -0.1) is 0 Å². The van der Waals surface area contributed by atoms with E-state index < -0.39 is 78.7 Å². The van der Waals surface area contributed by atoms with Crippen LogP contribution in [-0.4, -0.2) is 86.9 Å². The van der Waals surface area contributed by atoms with Gasteiger partial charge in [-0.1, -0.05) is 0 Å². The predicted octanol–water partition coefficient (Wildman–Crippen LogP) is -3.71. The maximum Gasteiger partial charge on any atom is 0.326 e. The van der Waals surface area contributed by atoms with Crippen molar-refractivity contribution in [2.75, 3.05) is 5.75 Å². The van der Waals surface area contributed by atoms with Crippen molar-refractivity contribution in [2.24, 2.45) is 11.5 Å². The molecule has 0 bridgehead atoms. The largest absolute Gasteiger partial charge is 0.481 e. The second-order valence-corrected chi connectivity index (χ2v) is 7.28. The molecule has 0 aliphatic carbocycles. The molecule has 0 spiro atoms. The molecule has 5 atom stereocenters. The molecule has 0 saturated heterocycles. The Bertz CT molecular complexity index is 719. The summed E-state index contributed by atoms with van der Waals surface area (Å²) in [4.78, 5) is 70.1. The van der Waals surface area contributed by atoms with E-state index in [9.17, 15) is 33.9 Å². The second kappa shape index (κ2) is 14.2. The molecule has 0 aromatic rings. The maximum absolute atomic E-state index is 12.6. The first-order valence-corrected chi connectivity index (χ1v) is 10.1. The fourth-order valence-electron chi connectivity index (χ4n) is 2.36. The summed E-state index contributed by atoms with van der Waals surface area (Å²) in [6.07, 6.45) is -3.02. The lowest BCUT2D eigenvalue weighted by Gasteiger charge is -2.26. The highest BCUT2D eigenvalue weighted by Gasteiger charge is 2.32. The number of amides is 4. The molecule has 10 N–H and O–H groups in total. The van der Waals surface area contributed by atoms with Crippen molar-refractivity contribution in [1.29, 1.82) is 0 Å². The highest BCUT2D eigenvalue weighted by molar-refractivity contribution is 7.80. The van der Waals surface area contributed by atoms with Crippen LogP contribution in [-0.2, 0) is 28.8 Å². The summed E-state index contributed by atoms with van der Waals surface area (Å²) in [5, 5.41) is 34.3. The number of carboxylic acid groups (broad SMARTS) is 2. The minimum absolute atomic E-state index is 0.0401. The Hall–Kier alpha value is -2.91. The molecule has 5 unspecified atom stereocenters. The van der Waals surface area contributed by atoms with Gasteiger partial charge in [0, 0.05) is 18.6 Å². The van der Waals surface area contributed by atoms with Crippen LogP contribution >= 0.6 is 12.6 Å². The molecule has 14 nitrogen and oxygen atoms in total. The van der Waals surface area contributed by atoms with Crippen molar-refractivity contribution >= 4 is 48.2 Å². The van der Waals surface area contributed by atoms with Gasteiger partial charge in [-0.25, -0.2) is 4.79 Å². The number of carboxylic acids is 2. The summed E-state index contributed by atoms with van der Waals surface area (Å²) in [5.74, 6) is -6.42. The Morgan fingerprint density at radius 2 is 1.41 bits per heavy atom. The molecule has 0 fully saturated rings. The van der Waals surface area contributed by atoms with Crippen LogP contribution in [0.2, 0.25) is 0 Å². The molecule has 0 aliphatic heterocycles. The number of aliphatic carboxylic acids is 2. The summed E-state index contributed by atoms with van der Waals surface area (Å²) < 4.78 is 0. The lowest BCUT2D eigenvalue weighted by Crippen LogP contribution is -2.60. The number of carbonyl (C=O) groups is 6. The van der Waals surface area contributed by atoms with Gasteiger partial charge >= 0.3 is 11.9 Å². The number of carbonyl (C=O) groups excluding carboxylic acids is 4. The van der Waals surface area contributed by atoms with Crippen LogP contribution in [0.5, 0.6) is 0 Å². The molecule has 4 amide bonds. The van der Waals surface area contributed by atoms with Crippen molar-refractivity contribution in [3.8, 4) is 0 Å². The average Bonchev–Trinajstić information content (AvgIpc) is 2.70. The number of hydrogen-bond acceptors (Lipinski definition) is 9. The first kappa shape index (κ1) is 29.1. The summed E-state index contributed by atoms with van der Waals surface area (Å²) in [6, 6.07) is -5.66. The van der Waals surface area contributed by atoms with Crippen LogP contribution in [0.25, 0.3) is 0 Å². The molecule has 32 heavy (non-hydrogen) atoms. The third-order valence-electron chi connectivity index (χ3n) is 4.17. The topological polar surface area (TPSA) is 251 Å². The third kappa shape index (κ3) is 10.9. The normalized spacial score (nSPS) is 15.4. The van der Waals surface area contributed by atoms with Gasteiger partial charge in [0.15, 0.2) is 0 Å². The van der Waals surface area contributed by atoms with Crippen LogP contribution in [0.15, 0.2) is 0 Å². The van der Waals surface area contributed by atoms with Crippen LogP contribution in [0.3, 0.4) is 0 Å². The van der Waals surface area contributed by atoms with Gasteiger partial charge in [0.2, 0.25) is 23.6 Å². The molecule has 0 saturated carbocycles. The monoisotopic (exact) mass is 479 g/mol. The van der Waals surface area contributed by atoms with E-state index in [1.165, 1.54) is 0 Å². The minimum atomic E-state index is -1.65. The summed E-state index contributed by atoms with van der Waals surface area (Å²) in [7, 11) is 0. The van der Waals surface area contributed by atoms with Gasteiger partial charge < -0.3 is 42.7 Å². The first-order valence-electron chi connectivity index (χ1n) is 9.48. The zero-order valence-electron chi connectivity index (χ0n) is 17.3. The number of thiol groups is 1. The van der Waals surface area contributed by atoms with E-state index in [1.807, 2.05) is 5.32 Å². The maximum atomic E-state index is 12.6. The molecule has 0 radical (unpaired) electrons. The molecule has 0 rings (SSSR count). The highest BCUT2D eigenvalue weighted by Crippen LogP contribution is 2.04. The van der Waals surface area contributed by atoms with Crippen LogP contribution < -0.4 is 27.4 Å². The van der Waals surface area contributed by atoms with Gasteiger partial charge in [0.1, 0.15) is 18.1 Å². The third-order valence-corrected chi connectivity index (χ3v) is 4.56. The minimum Gasteiger partial charge on any atom is -0.481 e. The van der Waals surface area contributed by atoms with Crippen LogP contribution in [0.4, 0.5) is 0 Å². The summed E-state index contributed by atoms with van der Waals surface area (Å²) in [6.45, 7) is 1.14. The van der Waals surface area contributed by atoms with E-state index in [2.05, 4.69) is 23.3 Å². The van der Waals surface area contributed by atoms with E-state index in [0.717, 1.165) is 6.92 Å². The number of rotatable bonds is 15. The number of nitrogens with one attached hydrogen (secondary N) is 3. The Balaban J connectivity index is 5.42.